The molecule has 1 aromatic rings. The normalized spacial score (nSPS) is 23.2. The molecule has 0 unspecified atom stereocenters. The predicted octanol–water partition coefficient (Wildman–Crippen LogP) is 6.24. The summed E-state index contributed by atoms with van der Waals surface area (Å²) in [6, 6.07) is 5.85. The Morgan fingerprint density at radius 1 is 1.05 bits per heavy atom. The minimum absolute atomic E-state index is 0.517. The summed E-state index contributed by atoms with van der Waals surface area (Å²) >= 11 is 0. The highest BCUT2D eigenvalue weighted by Gasteiger charge is 2.30. The number of rotatable bonds is 5. The van der Waals surface area contributed by atoms with Gasteiger partial charge in [0, 0.05) is 0 Å². The molecule has 21 heavy (non-hydrogen) atoms. The zero-order chi connectivity index (χ0) is 15.3. The summed E-state index contributed by atoms with van der Waals surface area (Å²) in [4.78, 5) is 0. The van der Waals surface area contributed by atoms with E-state index in [-0.39, 0.29) is 0 Å². The van der Waals surface area contributed by atoms with Crippen molar-refractivity contribution in [2.75, 3.05) is 0 Å². The first-order valence-corrected chi connectivity index (χ1v) is 8.15. The van der Waals surface area contributed by atoms with Crippen LogP contribution in [-0.4, -0.2) is 0 Å². The lowest BCUT2D eigenvalue weighted by molar-refractivity contribution is -0.137. The Labute approximate surface area is 125 Å². The van der Waals surface area contributed by atoms with Gasteiger partial charge in [-0.25, -0.2) is 0 Å². The van der Waals surface area contributed by atoms with E-state index in [0.717, 1.165) is 24.0 Å². The highest BCUT2D eigenvalue weighted by molar-refractivity contribution is 5.26. The zero-order valence-corrected chi connectivity index (χ0v) is 12.8. The Morgan fingerprint density at radius 3 is 2.33 bits per heavy atom. The zero-order valence-electron chi connectivity index (χ0n) is 12.8. The first-order valence-electron chi connectivity index (χ1n) is 8.15. The third kappa shape index (κ3) is 5.05. The minimum Gasteiger partial charge on any atom is -0.166 e. The van der Waals surface area contributed by atoms with Crippen molar-refractivity contribution < 1.29 is 13.2 Å². The highest BCUT2D eigenvalue weighted by atomic mass is 19.4. The van der Waals surface area contributed by atoms with E-state index in [1.54, 1.807) is 0 Å². The molecule has 0 radical (unpaired) electrons. The Kier molecular flexibility index (Phi) is 5.72. The van der Waals surface area contributed by atoms with Crippen molar-refractivity contribution in [3.8, 4) is 0 Å². The standard InChI is InChI=1S/C18H25F3/c1-2-3-5-14-8-10-15(11-9-14)12-16-6-4-7-17(13-16)18(19,20)21/h4,6-7,13-15H,2-3,5,8-12H2,1H3. The second kappa shape index (κ2) is 7.33. The van der Waals surface area contributed by atoms with Crippen molar-refractivity contribution >= 4 is 0 Å². The van der Waals surface area contributed by atoms with Gasteiger partial charge in [0.1, 0.15) is 0 Å². The van der Waals surface area contributed by atoms with Crippen LogP contribution in [0.5, 0.6) is 0 Å². The minimum atomic E-state index is -4.23. The third-order valence-electron chi connectivity index (χ3n) is 4.71. The SMILES string of the molecule is CCCCC1CCC(Cc2cccc(C(F)(F)F)c2)CC1. The molecule has 0 aliphatic heterocycles. The Hall–Kier alpha value is -0.990. The van der Waals surface area contributed by atoms with Crippen LogP contribution in [0.3, 0.4) is 0 Å². The van der Waals surface area contributed by atoms with E-state index < -0.39 is 11.7 Å². The molecule has 0 bridgehead atoms. The van der Waals surface area contributed by atoms with E-state index in [1.165, 1.54) is 57.1 Å². The Balaban J connectivity index is 1.86. The quantitative estimate of drug-likeness (QED) is 0.603. The van der Waals surface area contributed by atoms with Gasteiger partial charge in [-0.05, 0) is 42.7 Å². The van der Waals surface area contributed by atoms with Gasteiger partial charge >= 0.3 is 6.18 Å². The largest absolute Gasteiger partial charge is 0.416 e. The molecule has 0 spiro atoms. The number of unbranched alkanes of at least 4 members (excludes halogenated alkanes) is 1. The third-order valence-corrected chi connectivity index (χ3v) is 4.71. The maximum atomic E-state index is 12.7. The fourth-order valence-corrected chi connectivity index (χ4v) is 3.43. The molecule has 1 aromatic carbocycles. The van der Waals surface area contributed by atoms with Gasteiger partial charge in [0.15, 0.2) is 0 Å². The van der Waals surface area contributed by atoms with Gasteiger partial charge in [-0.15, -0.1) is 0 Å². The predicted molar refractivity (Wildman–Crippen MR) is 80.1 cm³/mol. The van der Waals surface area contributed by atoms with E-state index >= 15 is 0 Å². The number of hydrogen-bond acceptors (Lipinski definition) is 0. The van der Waals surface area contributed by atoms with Crippen LogP contribution in [0.25, 0.3) is 0 Å². The summed E-state index contributed by atoms with van der Waals surface area (Å²) in [6.07, 6.45) is 5.31. The first-order chi connectivity index (χ1) is 9.99. The van der Waals surface area contributed by atoms with E-state index in [1.807, 2.05) is 6.07 Å². The van der Waals surface area contributed by atoms with Crippen LogP contribution in [0.2, 0.25) is 0 Å². The monoisotopic (exact) mass is 298 g/mol. The molecular formula is C18H25F3. The number of halogens is 3. The molecule has 3 heteroatoms. The molecule has 0 amide bonds. The summed E-state index contributed by atoms with van der Waals surface area (Å²) in [7, 11) is 0. The number of hydrogen-bond donors (Lipinski definition) is 0. The van der Waals surface area contributed by atoms with Crippen molar-refractivity contribution in [2.45, 2.75) is 64.5 Å². The summed E-state index contributed by atoms with van der Waals surface area (Å²) in [5.74, 6) is 1.41. The molecule has 0 saturated heterocycles. The lowest BCUT2D eigenvalue weighted by Gasteiger charge is -2.28. The van der Waals surface area contributed by atoms with Gasteiger partial charge in [-0.3, -0.25) is 0 Å². The van der Waals surface area contributed by atoms with Crippen molar-refractivity contribution in [3.05, 3.63) is 35.4 Å². The smallest absolute Gasteiger partial charge is 0.166 e. The second-order valence-corrected chi connectivity index (χ2v) is 6.43. The Morgan fingerprint density at radius 2 is 1.71 bits per heavy atom. The topological polar surface area (TPSA) is 0 Å². The molecule has 1 fully saturated rings. The molecule has 0 nitrogen and oxygen atoms in total. The lowest BCUT2D eigenvalue weighted by atomic mass is 9.77. The van der Waals surface area contributed by atoms with Gasteiger partial charge < -0.3 is 0 Å². The lowest BCUT2D eigenvalue weighted by Crippen LogP contribution is -2.16. The highest BCUT2D eigenvalue weighted by Crippen LogP contribution is 2.35. The molecule has 1 aliphatic carbocycles. The summed E-state index contributed by atoms with van der Waals surface area (Å²) in [6.45, 7) is 2.22. The van der Waals surface area contributed by atoms with Gasteiger partial charge in [0.2, 0.25) is 0 Å². The fraction of sp³-hybridized carbons (Fsp3) is 0.667. The van der Waals surface area contributed by atoms with Crippen LogP contribution in [0.15, 0.2) is 24.3 Å². The van der Waals surface area contributed by atoms with Crippen LogP contribution >= 0.6 is 0 Å². The maximum absolute atomic E-state index is 12.7. The molecule has 0 N–H and O–H groups in total. The van der Waals surface area contributed by atoms with E-state index in [2.05, 4.69) is 6.92 Å². The molecule has 0 atom stereocenters. The van der Waals surface area contributed by atoms with Crippen LogP contribution in [0, 0.1) is 11.8 Å². The average Bonchev–Trinajstić information content (AvgIpc) is 2.46. The number of alkyl halides is 3. The maximum Gasteiger partial charge on any atom is 0.416 e. The van der Waals surface area contributed by atoms with Gasteiger partial charge in [0.25, 0.3) is 0 Å². The molecule has 2 rings (SSSR count). The van der Waals surface area contributed by atoms with Crippen molar-refractivity contribution in [2.24, 2.45) is 11.8 Å². The summed E-state index contributed by atoms with van der Waals surface area (Å²) in [5, 5.41) is 0. The molecule has 1 saturated carbocycles. The molecule has 118 valence electrons. The van der Waals surface area contributed by atoms with Crippen LogP contribution in [-0.2, 0) is 12.6 Å². The van der Waals surface area contributed by atoms with Gasteiger partial charge in [-0.1, -0.05) is 57.2 Å². The molecule has 1 aliphatic rings. The van der Waals surface area contributed by atoms with Gasteiger partial charge in [0.05, 0.1) is 5.56 Å². The Bertz CT molecular complexity index is 428. The molecule has 0 heterocycles. The fourth-order valence-electron chi connectivity index (χ4n) is 3.43. The summed E-state index contributed by atoms with van der Waals surface area (Å²) in [5.41, 5.74) is 0.318. The van der Waals surface area contributed by atoms with Gasteiger partial charge in [-0.2, -0.15) is 13.2 Å². The van der Waals surface area contributed by atoms with Crippen molar-refractivity contribution in [1.29, 1.82) is 0 Å². The van der Waals surface area contributed by atoms with E-state index in [0.29, 0.717) is 5.92 Å². The molecule has 0 aromatic heterocycles. The average molecular weight is 298 g/mol. The van der Waals surface area contributed by atoms with Crippen LogP contribution in [0.1, 0.15) is 63.0 Å². The number of benzene rings is 1. The molecular weight excluding hydrogens is 273 g/mol. The van der Waals surface area contributed by atoms with Crippen molar-refractivity contribution in [1.82, 2.24) is 0 Å². The second-order valence-electron chi connectivity index (χ2n) is 6.43. The van der Waals surface area contributed by atoms with E-state index in [4.69, 9.17) is 0 Å². The van der Waals surface area contributed by atoms with Crippen LogP contribution in [0.4, 0.5) is 13.2 Å². The van der Waals surface area contributed by atoms with Crippen molar-refractivity contribution in [3.63, 3.8) is 0 Å². The van der Waals surface area contributed by atoms with Crippen LogP contribution < -0.4 is 0 Å². The summed E-state index contributed by atoms with van der Waals surface area (Å²) < 4.78 is 38.1. The van der Waals surface area contributed by atoms with E-state index in [9.17, 15) is 13.2 Å². The first kappa shape index (κ1) is 16.4.